The van der Waals surface area contributed by atoms with Crippen molar-refractivity contribution in [3.8, 4) is 0 Å². The number of hydrogen-bond donors (Lipinski definition) is 1. The van der Waals surface area contributed by atoms with E-state index >= 15 is 0 Å². The van der Waals surface area contributed by atoms with Crippen LogP contribution in [0.25, 0.3) is 0 Å². The van der Waals surface area contributed by atoms with Crippen molar-refractivity contribution in [2.24, 2.45) is 0 Å². The van der Waals surface area contributed by atoms with Crippen molar-refractivity contribution in [3.05, 3.63) is 35.9 Å². The van der Waals surface area contributed by atoms with Crippen LogP contribution in [0.5, 0.6) is 0 Å². The molecule has 22 heavy (non-hydrogen) atoms. The molecule has 1 saturated heterocycles. The second-order valence-corrected chi connectivity index (χ2v) is 5.53. The van der Waals surface area contributed by atoms with Crippen LogP contribution < -0.4 is 5.32 Å². The SMILES string of the molecule is CC(=O)N[C@H](Cc1ccccc1)[C@@H](C=O)OC1CCCCO1. The van der Waals surface area contributed by atoms with Gasteiger partial charge in [-0.25, -0.2) is 0 Å². The standard InChI is InChI=1S/C17H23NO4/c1-13(20)18-15(11-14-7-3-2-4-8-14)16(12-19)22-17-9-5-6-10-21-17/h2-4,7-8,12,15-17H,5-6,9-11H2,1H3,(H,18,20)/t15-,16-,17?/m1/s1. The van der Waals surface area contributed by atoms with E-state index in [-0.39, 0.29) is 12.2 Å². The maximum absolute atomic E-state index is 11.5. The van der Waals surface area contributed by atoms with Gasteiger partial charge in [0.05, 0.1) is 6.04 Å². The van der Waals surface area contributed by atoms with Crippen molar-refractivity contribution >= 4 is 12.2 Å². The molecular formula is C17H23NO4. The molecule has 1 aliphatic rings. The largest absolute Gasteiger partial charge is 0.353 e. The molecule has 1 aromatic rings. The highest BCUT2D eigenvalue weighted by Crippen LogP contribution is 2.17. The fourth-order valence-electron chi connectivity index (χ4n) is 2.59. The number of amides is 1. The highest BCUT2D eigenvalue weighted by Gasteiger charge is 2.27. The smallest absolute Gasteiger partial charge is 0.217 e. The van der Waals surface area contributed by atoms with Crippen molar-refractivity contribution in [3.63, 3.8) is 0 Å². The van der Waals surface area contributed by atoms with E-state index in [4.69, 9.17) is 9.47 Å². The van der Waals surface area contributed by atoms with Crippen LogP contribution in [0.3, 0.4) is 0 Å². The maximum atomic E-state index is 11.5. The molecular weight excluding hydrogens is 282 g/mol. The fraction of sp³-hybridized carbons (Fsp3) is 0.529. The minimum absolute atomic E-state index is 0.180. The summed E-state index contributed by atoms with van der Waals surface area (Å²) in [6.07, 6.45) is 3.04. The number of hydrogen-bond acceptors (Lipinski definition) is 4. The van der Waals surface area contributed by atoms with Crippen molar-refractivity contribution in [1.82, 2.24) is 5.32 Å². The van der Waals surface area contributed by atoms with Gasteiger partial charge in [0.2, 0.25) is 5.91 Å². The van der Waals surface area contributed by atoms with Crippen LogP contribution in [0.15, 0.2) is 30.3 Å². The number of aldehydes is 1. The summed E-state index contributed by atoms with van der Waals surface area (Å²) in [7, 11) is 0. The highest BCUT2D eigenvalue weighted by molar-refractivity contribution is 5.74. The molecule has 2 rings (SSSR count). The minimum Gasteiger partial charge on any atom is -0.353 e. The first kappa shape index (κ1) is 16.6. The van der Waals surface area contributed by atoms with E-state index in [0.29, 0.717) is 13.0 Å². The number of nitrogens with one attached hydrogen (secondary N) is 1. The van der Waals surface area contributed by atoms with Gasteiger partial charge in [-0.05, 0) is 31.2 Å². The van der Waals surface area contributed by atoms with Crippen LogP contribution in [0, 0.1) is 0 Å². The summed E-state index contributed by atoms with van der Waals surface area (Å²) in [5.41, 5.74) is 1.04. The monoisotopic (exact) mass is 305 g/mol. The molecule has 0 aromatic heterocycles. The van der Waals surface area contributed by atoms with E-state index in [1.165, 1.54) is 6.92 Å². The molecule has 3 atom stereocenters. The summed E-state index contributed by atoms with van der Waals surface area (Å²) in [6, 6.07) is 9.33. The predicted octanol–water partition coefficient (Wildman–Crippen LogP) is 1.84. The molecule has 1 amide bonds. The van der Waals surface area contributed by atoms with Gasteiger partial charge in [-0.15, -0.1) is 0 Å². The molecule has 0 radical (unpaired) electrons. The van der Waals surface area contributed by atoms with Crippen LogP contribution in [-0.2, 0) is 25.5 Å². The third-order valence-corrected chi connectivity index (χ3v) is 3.66. The highest BCUT2D eigenvalue weighted by atomic mass is 16.7. The normalized spacial score (nSPS) is 20.9. The number of ether oxygens (including phenoxy) is 2. The Morgan fingerprint density at radius 2 is 2.18 bits per heavy atom. The Morgan fingerprint density at radius 1 is 1.41 bits per heavy atom. The summed E-state index contributed by atoms with van der Waals surface area (Å²) in [5, 5.41) is 2.82. The molecule has 0 bridgehead atoms. The first-order chi connectivity index (χ1) is 10.7. The Kier molecular flexibility index (Phi) is 6.55. The Hall–Kier alpha value is -1.72. The molecule has 0 spiro atoms. The van der Waals surface area contributed by atoms with Crippen LogP contribution in [0.2, 0.25) is 0 Å². The quantitative estimate of drug-likeness (QED) is 0.781. The zero-order valence-electron chi connectivity index (χ0n) is 12.9. The van der Waals surface area contributed by atoms with Gasteiger partial charge in [0.1, 0.15) is 6.10 Å². The van der Waals surface area contributed by atoms with Gasteiger partial charge in [-0.2, -0.15) is 0 Å². The predicted molar refractivity (Wildman–Crippen MR) is 82.3 cm³/mol. The average Bonchev–Trinajstić information content (AvgIpc) is 2.53. The number of benzene rings is 1. The third-order valence-electron chi connectivity index (χ3n) is 3.66. The van der Waals surface area contributed by atoms with Gasteiger partial charge in [0.25, 0.3) is 0 Å². The van der Waals surface area contributed by atoms with E-state index in [1.54, 1.807) is 0 Å². The number of carbonyl (C=O) groups is 2. The van der Waals surface area contributed by atoms with Crippen molar-refractivity contribution in [1.29, 1.82) is 0 Å². The fourth-order valence-corrected chi connectivity index (χ4v) is 2.59. The van der Waals surface area contributed by atoms with Crippen LogP contribution in [-0.4, -0.2) is 37.2 Å². The van der Waals surface area contributed by atoms with E-state index in [0.717, 1.165) is 31.1 Å². The maximum Gasteiger partial charge on any atom is 0.217 e. The lowest BCUT2D eigenvalue weighted by Crippen LogP contribution is -2.48. The van der Waals surface area contributed by atoms with E-state index in [1.807, 2.05) is 30.3 Å². The molecule has 0 aliphatic carbocycles. The first-order valence-electron chi connectivity index (χ1n) is 7.72. The van der Waals surface area contributed by atoms with Crippen molar-refractivity contribution in [2.45, 2.75) is 51.0 Å². The van der Waals surface area contributed by atoms with E-state index in [9.17, 15) is 9.59 Å². The lowest BCUT2D eigenvalue weighted by molar-refractivity contribution is -0.191. The third kappa shape index (κ3) is 5.24. The first-order valence-corrected chi connectivity index (χ1v) is 7.72. The second kappa shape index (κ2) is 8.66. The molecule has 120 valence electrons. The number of carbonyl (C=O) groups excluding carboxylic acids is 2. The summed E-state index contributed by atoms with van der Waals surface area (Å²) >= 11 is 0. The molecule has 1 N–H and O–H groups in total. The molecule has 1 fully saturated rings. The molecule has 5 heteroatoms. The molecule has 5 nitrogen and oxygen atoms in total. The zero-order chi connectivity index (χ0) is 15.8. The molecule has 1 aromatic carbocycles. The molecule has 0 saturated carbocycles. The Morgan fingerprint density at radius 3 is 2.77 bits per heavy atom. The second-order valence-electron chi connectivity index (χ2n) is 5.53. The Bertz CT molecular complexity index is 471. The molecule has 1 aliphatic heterocycles. The number of rotatable bonds is 7. The molecule has 1 unspecified atom stereocenters. The summed E-state index contributed by atoms with van der Waals surface area (Å²) < 4.78 is 11.3. The lowest BCUT2D eigenvalue weighted by atomic mass is 10.0. The molecule has 1 heterocycles. The van der Waals surface area contributed by atoms with Crippen molar-refractivity contribution < 1.29 is 19.1 Å². The van der Waals surface area contributed by atoms with Gasteiger partial charge in [0, 0.05) is 13.5 Å². The van der Waals surface area contributed by atoms with Gasteiger partial charge >= 0.3 is 0 Å². The lowest BCUT2D eigenvalue weighted by Gasteiger charge is -2.30. The van der Waals surface area contributed by atoms with Gasteiger partial charge in [0.15, 0.2) is 12.6 Å². The van der Waals surface area contributed by atoms with E-state index < -0.39 is 12.1 Å². The van der Waals surface area contributed by atoms with Gasteiger partial charge < -0.3 is 19.6 Å². The van der Waals surface area contributed by atoms with Crippen LogP contribution >= 0.6 is 0 Å². The Balaban J connectivity index is 2.03. The topological polar surface area (TPSA) is 64.6 Å². The minimum atomic E-state index is -0.716. The zero-order valence-corrected chi connectivity index (χ0v) is 12.9. The summed E-state index contributed by atoms with van der Waals surface area (Å²) in [6.45, 7) is 2.09. The van der Waals surface area contributed by atoms with Gasteiger partial charge in [-0.3, -0.25) is 4.79 Å². The average molecular weight is 305 g/mol. The van der Waals surface area contributed by atoms with Gasteiger partial charge in [-0.1, -0.05) is 30.3 Å². The van der Waals surface area contributed by atoms with Crippen molar-refractivity contribution in [2.75, 3.05) is 6.61 Å². The van der Waals surface area contributed by atoms with Crippen LogP contribution in [0.1, 0.15) is 31.7 Å². The van der Waals surface area contributed by atoms with Crippen LogP contribution in [0.4, 0.5) is 0 Å². The summed E-state index contributed by atoms with van der Waals surface area (Å²) in [5.74, 6) is -0.180. The summed E-state index contributed by atoms with van der Waals surface area (Å²) in [4.78, 5) is 22.9. The van der Waals surface area contributed by atoms with E-state index in [2.05, 4.69) is 5.32 Å². The Labute approximate surface area is 131 Å².